The maximum atomic E-state index is 12.1. The molecule has 0 aliphatic carbocycles. The van der Waals surface area contributed by atoms with Gasteiger partial charge in [-0.25, -0.2) is 0 Å². The van der Waals surface area contributed by atoms with E-state index in [1.165, 1.54) is 0 Å². The molecule has 1 aromatic carbocycles. The van der Waals surface area contributed by atoms with Crippen LogP contribution in [0.5, 0.6) is 0 Å². The molecule has 1 rings (SSSR count). The third-order valence-corrected chi connectivity index (χ3v) is 3.99. The van der Waals surface area contributed by atoms with E-state index in [1.54, 1.807) is 26.0 Å². The molecule has 27 heavy (non-hydrogen) atoms. The van der Waals surface area contributed by atoms with Crippen molar-refractivity contribution in [3.05, 3.63) is 35.4 Å². The highest BCUT2D eigenvalue weighted by molar-refractivity contribution is 14.0. The Morgan fingerprint density at radius 1 is 1.15 bits per heavy atom. The number of nitrogens with one attached hydrogen (secondary N) is 2. The SMILES string of the molecule is CN=C(NCCc1cccc(C(=O)N(C)C)c1)NCC(C)(C)CN(C)C.I. The van der Waals surface area contributed by atoms with Gasteiger partial charge >= 0.3 is 0 Å². The Labute approximate surface area is 181 Å². The fourth-order valence-electron chi connectivity index (χ4n) is 2.90. The molecule has 0 heterocycles. The van der Waals surface area contributed by atoms with Crippen molar-refractivity contribution in [1.29, 1.82) is 0 Å². The maximum Gasteiger partial charge on any atom is 0.253 e. The Morgan fingerprint density at radius 3 is 2.37 bits per heavy atom. The Balaban J connectivity index is 0.00000676. The van der Waals surface area contributed by atoms with Gasteiger partial charge in [-0.3, -0.25) is 9.79 Å². The molecule has 6 nitrogen and oxygen atoms in total. The second-order valence-electron chi connectivity index (χ2n) is 7.90. The van der Waals surface area contributed by atoms with Gasteiger partial charge in [-0.1, -0.05) is 26.0 Å². The van der Waals surface area contributed by atoms with Crippen molar-refractivity contribution in [3.63, 3.8) is 0 Å². The number of carbonyl (C=O) groups excluding carboxylic acids is 1. The van der Waals surface area contributed by atoms with Crippen LogP contribution in [0.1, 0.15) is 29.8 Å². The highest BCUT2D eigenvalue weighted by Crippen LogP contribution is 2.14. The number of carbonyl (C=O) groups is 1. The molecule has 0 fully saturated rings. The third-order valence-electron chi connectivity index (χ3n) is 3.99. The van der Waals surface area contributed by atoms with Gasteiger partial charge in [0.2, 0.25) is 0 Å². The molecule has 0 aliphatic rings. The van der Waals surface area contributed by atoms with E-state index in [4.69, 9.17) is 0 Å². The topological polar surface area (TPSA) is 60.0 Å². The summed E-state index contributed by atoms with van der Waals surface area (Å²) in [5, 5.41) is 6.74. The van der Waals surface area contributed by atoms with Crippen molar-refractivity contribution < 1.29 is 4.79 Å². The first-order valence-corrected chi connectivity index (χ1v) is 9.04. The molecule has 0 aliphatic heterocycles. The van der Waals surface area contributed by atoms with Crippen molar-refractivity contribution in [3.8, 4) is 0 Å². The summed E-state index contributed by atoms with van der Waals surface area (Å²) in [6.07, 6.45) is 0.830. The van der Waals surface area contributed by atoms with Gasteiger partial charge in [0.25, 0.3) is 5.91 Å². The van der Waals surface area contributed by atoms with Crippen LogP contribution in [-0.4, -0.2) is 76.5 Å². The zero-order valence-corrected chi connectivity index (χ0v) is 20.1. The summed E-state index contributed by atoms with van der Waals surface area (Å²) < 4.78 is 0. The van der Waals surface area contributed by atoms with Gasteiger partial charge in [-0.2, -0.15) is 0 Å². The lowest BCUT2D eigenvalue weighted by molar-refractivity contribution is 0.0827. The first-order chi connectivity index (χ1) is 12.1. The number of benzene rings is 1. The molecule has 0 unspecified atom stereocenters. The van der Waals surface area contributed by atoms with Crippen molar-refractivity contribution in [2.45, 2.75) is 20.3 Å². The van der Waals surface area contributed by atoms with Crippen molar-refractivity contribution >= 4 is 35.8 Å². The molecule has 2 N–H and O–H groups in total. The zero-order valence-electron chi connectivity index (χ0n) is 17.8. The van der Waals surface area contributed by atoms with Gasteiger partial charge in [0.15, 0.2) is 5.96 Å². The minimum atomic E-state index is 0. The van der Waals surface area contributed by atoms with Crippen LogP contribution in [0.15, 0.2) is 29.3 Å². The molecule has 0 bridgehead atoms. The summed E-state index contributed by atoms with van der Waals surface area (Å²) in [6, 6.07) is 7.79. The van der Waals surface area contributed by atoms with Crippen LogP contribution in [0, 0.1) is 5.41 Å². The van der Waals surface area contributed by atoms with E-state index >= 15 is 0 Å². The largest absolute Gasteiger partial charge is 0.356 e. The number of rotatable bonds is 8. The Bertz CT molecular complexity index is 614. The van der Waals surface area contributed by atoms with Gasteiger partial charge in [-0.05, 0) is 43.6 Å². The van der Waals surface area contributed by atoms with E-state index in [1.807, 2.05) is 24.3 Å². The minimum Gasteiger partial charge on any atom is -0.356 e. The molecule has 0 radical (unpaired) electrons. The van der Waals surface area contributed by atoms with E-state index in [2.05, 4.69) is 48.5 Å². The summed E-state index contributed by atoms with van der Waals surface area (Å²) in [6.45, 7) is 7.08. The van der Waals surface area contributed by atoms with Gasteiger partial charge < -0.3 is 20.4 Å². The summed E-state index contributed by atoms with van der Waals surface area (Å²) in [5.41, 5.74) is 2.01. The normalized spacial score (nSPS) is 11.8. The molecule has 1 aromatic rings. The van der Waals surface area contributed by atoms with Gasteiger partial charge in [0.1, 0.15) is 0 Å². The van der Waals surface area contributed by atoms with Crippen molar-refractivity contribution in [2.75, 3.05) is 54.9 Å². The fraction of sp³-hybridized carbons (Fsp3) is 0.600. The summed E-state index contributed by atoms with van der Waals surface area (Å²) in [5.74, 6) is 0.831. The molecule has 0 spiro atoms. The average molecular weight is 489 g/mol. The molecular formula is C20H36IN5O. The standard InChI is InChI=1S/C20H35N5O.HI/c1-20(2,15-24(4)5)14-23-19(21-3)22-12-11-16-9-8-10-17(13-16)18(26)25(6)7;/h8-10,13H,11-12,14-15H2,1-7H3,(H2,21,22,23);1H. The molecular weight excluding hydrogens is 453 g/mol. The summed E-state index contributed by atoms with van der Waals surface area (Å²) in [7, 11) is 9.49. The zero-order chi connectivity index (χ0) is 19.7. The summed E-state index contributed by atoms with van der Waals surface area (Å²) >= 11 is 0. The van der Waals surface area contributed by atoms with Crippen LogP contribution >= 0.6 is 24.0 Å². The lowest BCUT2D eigenvalue weighted by atomic mass is 9.93. The second-order valence-corrected chi connectivity index (χ2v) is 7.90. The number of amides is 1. The Morgan fingerprint density at radius 2 is 1.81 bits per heavy atom. The van der Waals surface area contributed by atoms with Crippen LogP contribution in [0.3, 0.4) is 0 Å². The number of nitrogens with zero attached hydrogens (tertiary/aromatic N) is 3. The van der Waals surface area contributed by atoms with Crippen LogP contribution in [0.4, 0.5) is 0 Å². The monoisotopic (exact) mass is 489 g/mol. The second kappa shape index (κ2) is 12.2. The molecule has 0 saturated heterocycles. The average Bonchev–Trinajstić information content (AvgIpc) is 2.56. The van der Waals surface area contributed by atoms with E-state index < -0.39 is 0 Å². The fourth-order valence-corrected chi connectivity index (χ4v) is 2.90. The Hall–Kier alpha value is -1.35. The molecule has 0 aromatic heterocycles. The van der Waals surface area contributed by atoms with E-state index in [0.717, 1.165) is 43.1 Å². The highest BCUT2D eigenvalue weighted by Gasteiger charge is 2.19. The van der Waals surface area contributed by atoms with E-state index in [0.29, 0.717) is 0 Å². The highest BCUT2D eigenvalue weighted by atomic mass is 127. The smallest absolute Gasteiger partial charge is 0.253 e. The number of halogens is 1. The number of aliphatic imine (C=N–C) groups is 1. The number of hydrogen-bond acceptors (Lipinski definition) is 3. The van der Waals surface area contributed by atoms with Crippen molar-refractivity contribution in [1.82, 2.24) is 20.4 Å². The first kappa shape index (κ1) is 25.6. The molecule has 7 heteroatoms. The van der Waals surface area contributed by atoms with Crippen LogP contribution in [0.25, 0.3) is 0 Å². The molecule has 0 atom stereocenters. The van der Waals surface area contributed by atoms with Crippen LogP contribution in [-0.2, 0) is 6.42 Å². The molecule has 154 valence electrons. The van der Waals surface area contributed by atoms with Gasteiger partial charge in [-0.15, -0.1) is 24.0 Å². The predicted molar refractivity (Wildman–Crippen MR) is 125 cm³/mol. The van der Waals surface area contributed by atoms with Crippen molar-refractivity contribution in [2.24, 2.45) is 10.4 Å². The lowest BCUT2D eigenvalue weighted by Crippen LogP contribution is -2.45. The van der Waals surface area contributed by atoms with E-state index in [-0.39, 0.29) is 35.3 Å². The minimum absolute atomic E-state index is 0. The lowest BCUT2D eigenvalue weighted by Gasteiger charge is -2.29. The van der Waals surface area contributed by atoms with E-state index in [9.17, 15) is 4.79 Å². The predicted octanol–water partition coefficient (Wildman–Crippen LogP) is 2.30. The Kier molecular flexibility index (Phi) is 11.6. The third kappa shape index (κ3) is 9.95. The molecule has 0 saturated carbocycles. The number of hydrogen-bond donors (Lipinski definition) is 2. The first-order valence-electron chi connectivity index (χ1n) is 9.04. The number of guanidine groups is 1. The molecule has 1 amide bonds. The van der Waals surface area contributed by atoms with Crippen LogP contribution < -0.4 is 10.6 Å². The quantitative estimate of drug-likeness (QED) is 0.334. The van der Waals surface area contributed by atoms with Crippen LogP contribution in [0.2, 0.25) is 0 Å². The van der Waals surface area contributed by atoms with Gasteiger partial charge in [0.05, 0.1) is 0 Å². The maximum absolute atomic E-state index is 12.1. The summed E-state index contributed by atoms with van der Waals surface area (Å²) in [4.78, 5) is 20.1. The van der Waals surface area contributed by atoms with Gasteiger partial charge in [0, 0.05) is 46.3 Å².